The Morgan fingerprint density at radius 3 is 2.58 bits per heavy atom. The summed E-state index contributed by atoms with van der Waals surface area (Å²) in [5.41, 5.74) is 0.192. The van der Waals surface area contributed by atoms with Gasteiger partial charge in [-0.2, -0.15) is 4.37 Å². The summed E-state index contributed by atoms with van der Waals surface area (Å²) in [6.07, 6.45) is 1.94. The van der Waals surface area contributed by atoms with Gasteiger partial charge in [0.25, 0.3) is 0 Å². The fourth-order valence-corrected chi connectivity index (χ4v) is 2.34. The van der Waals surface area contributed by atoms with Crippen LogP contribution in [-0.4, -0.2) is 9.48 Å². The van der Waals surface area contributed by atoms with Crippen molar-refractivity contribution in [2.24, 2.45) is 5.41 Å². The van der Waals surface area contributed by atoms with E-state index >= 15 is 0 Å². The fraction of sp³-hybridized carbons (Fsp3) is 0.667. The van der Waals surface area contributed by atoms with Crippen LogP contribution in [0.1, 0.15) is 32.4 Å². The third-order valence-electron chi connectivity index (χ3n) is 3.09. The van der Waals surface area contributed by atoms with Gasteiger partial charge < -0.3 is 5.11 Å². The van der Waals surface area contributed by atoms with Crippen molar-refractivity contribution >= 4 is 11.5 Å². The minimum atomic E-state index is -0.660. The summed E-state index contributed by atoms with van der Waals surface area (Å²) in [4.78, 5) is 0. The second kappa shape index (κ2) is 2.30. The maximum absolute atomic E-state index is 10.2. The molecule has 1 fully saturated rings. The molecular weight excluding hydrogens is 170 g/mol. The monoisotopic (exact) mass is 183 g/mol. The van der Waals surface area contributed by atoms with Crippen LogP contribution in [0, 0.1) is 5.41 Å². The number of hydrogen-bond donors (Lipinski definition) is 1. The van der Waals surface area contributed by atoms with E-state index in [0.717, 1.165) is 18.5 Å². The molecule has 0 aliphatic heterocycles. The molecule has 1 aromatic rings. The minimum Gasteiger partial charge on any atom is -0.383 e. The highest BCUT2D eigenvalue weighted by atomic mass is 32.1. The van der Waals surface area contributed by atoms with Crippen LogP contribution in [0.4, 0.5) is 0 Å². The van der Waals surface area contributed by atoms with Crippen LogP contribution in [0.5, 0.6) is 0 Å². The maximum Gasteiger partial charge on any atom is 0.113 e. The highest BCUT2D eigenvalue weighted by Gasteiger charge is 2.54. The molecule has 12 heavy (non-hydrogen) atoms. The molecule has 0 saturated heterocycles. The summed E-state index contributed by atoms with van der Waals surface area (Å²) in [6.45, 7) is 4.19. The van der Waals surface area contributed by atoms with E-state index in [4.69, 9.17) is 0 Å². The van der Waals surface area contributed by atoms with Crippen molar-refractivity contribution in [3.63, 3.8) is 0 Å². The third kappa shape index (κ3) is 0.866. The molecule has 1 heterocycles. The first kappa shape index (κ1) is 8.20. The molecule has 1 atom stereocenters. The molecule has 0 amide bonds. The largest absolute Gasteiger partial charge is 0.383 e. The normalized spacial score (nSPS) is 32.9. The number of aliphatic hydroxyl groups is 1. The Morgan fingerprint density at radius 1 is 1.50 bits per heavy atom. The summed E-state index contributed by atoms with van der Waals surface area (Å²) < 4.78 is 4.20. The van der Waals surface area contributed by atoms with Crippen molar-refractivity contribution in [1.82, 2.24) is 4.37 Å². The molecule has 0 spiro atoms. The van der Waals surface area contributed by atoms with Gasteiger partial charge in [0.1, 0.15) is 5.60 Å². The summed E-state index contributed by atoms with van der Waals surface area (Å²) in [6, 6.07) is 1.92. The molecule has 66 valence electrons. The van der Waals surface area contributed by atoms with E-state index in [1.165, 1.54) is 11.5 Å². The number of rotatable bonds is 1. The maximum atomic E-state index is 10.2. The standard InChI is InChI=1S/C9H13NOS/c1-8(2)4-5-9(8,11)7-3-6-12-10-7/h3,6,11H,4-5H2,1-2H3. The molecule has 1 unspecified atom stereocenters. The molecule has 1 aliphatic rings. The van der Waals surface area contributed by atoms with E-state index in [-0.39, 0.29) is 5.41 Å². The lowest BCUT2D eigenvalue weighted by Gasteiger charge is -2.51. The summed E-state index contributed by atoms with van der Waals surface area (Å²) >= 11 is 1.41. The molecule has 3 heteroatoms. The second-order valence-electron chi connectivity index (χ2n) is 4.13. The molecule has 0 bridgehead atoms. The van der Waals surface area contributed by atoms with Crippen molar-refractivity contribution in [3.05, 3.63) is 17.1 Å². The quantitative estimate of drug-likeness (QED) is 0.723. The van der Waals surface area contributed by atoms with Gasteiger partial charge in [-0.1, -0.05) is 13.8 Å². The number of aromatic nitrogens is 1. The van der Waals surface area contributed by atoms with Crippen molar-refractivity contribution in [2.75, 3.05) is 0 Å². The number of hydrogen-bond acceptors (Lipinski definition) is 3. The first-order valence-corrected chi connectivity index (χ1v) is 5.03. The minimum absolute atomic E-state index is 0.00106. The van der Waals surface area contributed by atoms with Crippen LogP contribution < -0.4 is 0 Å². The topological polar surface area (TPSA) is 33.1 Å². The van der Waals surface area contributed by atoms with Gasteiger partial charge in [-0.05, 0) is 35.9 Å². The van der Waals surface area contributed by atoms with E-state index in [2.05, 4.69) is 18.2 Å². The molecule has 0 aromatic carbocycles. The van der Waals surface area contributed by atoms with E-state index in [1.807, 2.05) is 11.4 Å². The van der Waals surface area contributed by atoms with Crippen molar-refractivity contribution in [3.8, 4) is 0 Å². The highest BCUT2D eigenvalue weighted by Crippen LogP contribution is 2.55. The van der Waals surface area contributed by atoms with Crippen LogP contribution >= 0.6 is 11.5 Å². The van der Waals surface area contributed by atoms with Crippen molar-refractivity contribution < 1.29 is 5.11 Å². The predicted octanol–water partition coefficient (Wildman–Crippen LogP) is 2.15. The first-order chi connectivity index (χ1) is 5.56. The smallest absolute Gasteiger partial charge is 0.113 e. The van der Waals surface area contributed by atoms with Crippen LogP contribution in [-0.2, 0) is 5.60 Å². The third-order valence-corrected chi connectivity index (χ3v) is 3.65. The van der Waals surface area contributed by atoms with Crippen LogP contribution in [0.15, 0.2) is 11.4 Å². The molecule has 2 nitrogen and oxygen atoms in total. The van der Waals surface area contributed by atoms with Gasteiger partial charge in [-0.25, -0.2) is 0 Å². The van der Waals surface area contributed by atoms with Gasteiger partial charge in [0, 0.05) is 5.38 Å². The zero-order valence-corrected chi connectivity index (χ0v) is 8.19. The van der Waals surface area contributed by atoms with Gasteiger partial charge in [0.15, 0.2) is 0 Å². The first-order valence-electron chi connectivity index (χ1n) is 4.19. The van der Waals surface area contributed by atoms with Gasteiger partial charge in [0.05, 0.1) is 5.69 Å². The van der Waals surface area contributed by atoms with Crippen LogP contribution in [0.2, 0.25) is 0 Å². The molecule has 1 N–H and O–H groups in total. The second-order valence-corrected chi connectivity index (χ2v) is 4.79. The fourth-order valence-electron chi connectivity index (χ4n) is 1.76. The van der Waals surface area contributed by atoms with E-state index in [1.54, 1.807) is 0 Å². The van der Waals surface area contributed by atoms with Crippen LogP contribution in [0.3, 0.4) is 0 Å². The summed E-state index contributed by atoms with van der Waals surface area (Å²) in [7, 11) is 0. The predicted molar refractivity (Wildman–Crippen MR) is 49.0 cm³/mol. The molecule has 1 saturated carbocycles. The van der Waals surface area contributed by atoms with Crippen LogP contribution in [0.25, 0.3) is 0 Å². The summed E-state index contributed by atoms with van der Waals surface area (Å²) in [5.74, 6) is 0. The lowest BCUT2D eigenvalue weighted by molar-refractivity contribution is -0.158. The summed E-state index contributed by atoms with van der Waals surface area (Å²) in [5, 5.41) is 12.2. The Balaban J connectivity index is 2.35. The lowest BCUT2D eigenvalue weighted by Crippen LogP contribution is -2.51. The molecule has 2 rings (SSSR count). The highest BCUT2D eigenvalue weighted by molar-refractivity contribution is 7.03. The Labute approximate surface area is 76.4 Å². The van der Waals surface area contributed by atoms with Gasteiger partial charge >= 0.3 is 0 Å². The molecule has 1 aliphatic carbocycles. The van der Waals surface area contributed by atoms with E-state index in [0.29, 0.717) is 0 Å². The van der Waals surface area contributed by atoms with Gasteiger partial charge in [-0.15, -0.1) is 0 Å². The number of nitrogens with zero attached hydrogens (tertiary/aromatic N) is 1. The van der Waals surface area contributed by atoms with Crippen molar-refractivity contribution in [2.45, 2.75) is 32.3 Å². The Bertz CT molecular complexity index is 281. The van der Waals surface area contributed by atoms with E-state index in [9.17, 15) is 5.11 Å². The average molecular weight is 183 g/mol. The Hall–Kier alpha value is -0.410. The van der Waals surface area contributed by atoms with Gasteiger partial charge in [-0.3, -0.25) is 0 Å². The van der Waals surface area contributed by atoms with Crippen molar-refractivity contribution in [1.29, 1.82) is 0 Å². The molecule has 0 radical (unpaired) electrons. The van der Waals surface area contributed by atoms with Gasteiger partial charge in [0.2, 0.25) is 0 Å². The SMILES string of the molecule is CC1(C)CCC1(O)c1ccsn1. The van der Waals surface area contributed by atoms with E-state index < -0.39 is 5.60 Å². The lowest BCUT2D eigenvalue weighted by atomic mass is 9.57. The zero-order chi connectivity index (χ0) is 8.82. The molecule has 1 aromatic heterocycles. The Morgan fingerprint density at radius 2 is 2.25 bits per heavy atom. The average Bonchev–Trinajstić information content (AvgIpc) is 2.53. The Kier molecular flexibility index (Phi) is 1.57. The zero-order valence-electron chi connectivity index (χ0n) is 7.37. The molecular formula is C9H13NOS.